The van der Waals surface area contributed by atoms with Crippen molar-refractivity contribution in [2.24, 2.45) is 11.8 Å². The van der Waals surface area contributed by atoms with Gasteiger partial charge < -0.3 is 10.0 Å². The first kappa shape index (κ1) is 18.0. The second kappa shape index (κ2) is 8.03. The number of carboxylic acid groups (broad SMARTS) is 1. The Morgan fingerprint density at radius 2 is 1.84 bits per heavy atom. The van der Waals surface area contributed by atoms with Crippen LogP contribution in [0.15, 0.2) is 30.3 Å². The number of nitrogens with zero attached hydrogens (tertiary/aromatic N) is 1. The van der Waals surface area contributed by atoms with Gasteiger partial charge in [-0.3, -0.25) is 9.59 Å². The van der Waals surface area contributed by atoms with Crippen LogP contribution in [0.2, 0.25) is 0 Å². The highest BCUT2D eigenvalue weighted by Crippen LogP contribution is 2.37. The monoisotopic (exact) mass is 343 g/mol. The number of likely N-dealkylation sites (tertiary alicyclic amines) is 1. The van der Waals surface area contributed by atoms with Gasteiger partial charge in [-0.15, -0.1) is 0 Å². The van der Waals surface area contributed by atoms with Crippen LogP contribution in [0.25, 0.3) is 0 Å². The molecule has 3 rings (SSSR count). The topological polar surface area (TPSA) is 57.6 Å². The van der Waals surface area contributed by atoms with Crippen molar-refractivity contribution in [3.05, 3.63) is 35.9 Å². The van der Waals surface area contributed by atoms with E-state index < -0.39 is 5.97 Å². The van der Waals surface area contributed by atoms with Crippen molar-refractivity contribution in [1.29, 1.82) is 0 Å². The Morgan fingerprint density at radius 3 is 2.52 bits per heavy atom. The number of carbonyl (C=O) groups excluding carboxylic acids is 1. The summed E-state index contributed by atoms with van der Waals surface area (Å²) in [6, 6.07) is 10.7. The van der Waals surface area contributed by atoms with E-state index >= 15 is 0 Å². The minimum absolute atomic E-state index is 0.108. The second-order valence-corrected chi connectivity index (χ2v) is 7.57. The van der Waals surface area contributed by atoms with Gasteiger partial charge in [-0.25, -0.2) is 0 Å². The molecular weight excluding hydrogens is 314 g/mol. The van der Waals surface area contributed by atoms with Crippen LogP contribution in [-0.2, 0) is 9.59 Å². The molecule has 1 saturated carbocycles. The maximum atomic E-state index is 13.2. The zero-order chi connectivity index (χ0) is 17.8. The number of amides is 1. The molecule has 2 fully saturated rings. The van der Waals surface area contributed by atoms with Crippen molar-refractivity contribution in [2.45, 2.75) is 63.8 Å². The summed E-state index contributed by atoms with van der Waals surface area (Å²) in [5, 5.41) is 9.31. The summed E-state index contributed by atoms with van der Waals surface area (Å²) in [5.74, 6) is -0.635. The van der Waals surface area contributed by atoms with Crippen LogP contribution in [-0.4, -0.2) is 34.5 Å². The van der Waals surface area contributed by atoms with Gasteiger partial charge >= 0.3 is 5.97 Å². The molecule has 1 aromatic carbocycles. The molecule has 1 saturated heterocycles. The Hall–Kier alpha value is -1.84. The van der Waals surface area contributed by atoms with Crippen molar-refractivity contribution in [3.8, 4) is 0 Å². The number of carbonyl (C=O) groups is 2. The summed E-state index contributed by atoms with van der Waals surface area (Å²) < 4.78 is 0. The van der Waals surface area contributed by atoms with E-state index in [-0.39, 0.29) is 23.8 Å². The lowest BCUT2D eigenvalue weighted by molar-refractivity contribution is -0.145. The van der Waals surface area contributed by atoms with Crippen LogP contribution in [0.3, 0.4) is 0 Å². The van der Waals surface area contributed by atoms with Crippen LogP contribution in [0, 0.1) is 11.8 Å². The molecule has 4 nitrogen and oxygen atoms in total. The molecule has 136 valence electrons. The number of hydrogen-bond donors (Lipinski definition) is 1. The smallest absolute Gasteiger partial charge is 0.306 e. The predicted molar refractivity (Wildman–Crippen MR) is 97.3 cm³/mol. The Bertz CT molecular complexity index is 600. The van der Waals surface area contributed by atoms with Crippen LogP contribution in [0.4, 0.5) is 0 Å². The van der Waals surface area contributed by atoms with Gasteiger partial charge in [0.2, 0.25) is 5.91 Å². The molecule has 4 heteroatoms. The first-order valence-electron chi connectivity index (χ1n) is 9.70. The summed E-state index contributed by atoms with van der Waals surface area (Å²) in [6.45, 7) is 3.01. The van der Waals surface area contributed by atoms with Crippen LogP contribution < -0.4 is 0 Å². The molecule has 1 aliphatic carbocycles. The molecule has 2 aliphatic rings. The average Bonchev–Trinajstić information content (AvgIpc) is 3.12. The molecular formula is C21H29NO3. The molecule has 0 bridgehead atoms. The Morgan fingerprint density at radius 1 is 1.12 bits per heavy atom. The van der Waals surface area contributed by atoms with Gasteiger partial charge in [0, 0.05) is 24.4 Å². The van der Waals surface area contributed by atoms with Gasteiger partial charge in [-0.05, 0) is 44.1 Å². The zero-order valence-corrected chi connectivity index (χ0v) is 15.1. The van der Waals surface area contributed by atoms with Crippen molar-refractivity contribution in [3.63, 3.8) is 0 Å². The molecule has 25 heavy (non-hydrogen) atoms. The third kappa shape index (κ3) is 3.88. The Kier molecular flexibility index (Phi) is 5.77. The number of carboxylic acids is 1. The fraction of sp³-hybridized carbons (Fsp3) is 0.619. The standard InChI is InChI=1S/C21H29NO3/c1-2-18(15-8-4-3-5-9-15)19-12-7-13-22(19)20(23)16-10-6-11-17(14-16)21(24)25/h3-5,8-9,16-19H,2,6-7,10-14H2,1H3,(H,24,25). The maximum absolute atomic E-state index is 13.2. The molecule has 0 spiro atoms. The summed E-state index contributed by atoms with van der Waals surface area (Å²) in [6.07, 6.45) is 6.03. The molecule has 1 N–H and O–H groups in total. The first-order chi connectivity index (χ1) is 12.1. The van der Waals surface area contributed by atoms with Gasteiger partial charge in [-0.2, -0.15) is 0 Å². The summed E-state index contributed by atoms with van der Waals surface area (Å²) >= 11 is 0. The molecule has 1 amide bonds. The lowest BCUT2D eigenvalue weighted by Crippen LogP contribution is -2.44. The van der Waals surface area contributed by atoms with E-state index in [0.717, 1.165) is 38.6 Å². The maximum Gasteiger partial charge on any atom is 0.306 e. The largest absolute Gasteiger partial charge is 0.481 e. The number of benzene rings is 1. The summed E-state index contributed by atoms with van der Waals surface area (Å²) in [7, 11) is 0. The third-order valence-corrected chi connectivity index (χ3v) is 6.09. The Balaban J connectivity index is 1.74. The Labute approximate surface area is 150 Å². The van der Waals surface area contributed by atoms with E-state index in [9.17, 15) is 14.7 Å². The third-order valence-electron chi connectivity index (χ3n) is 6.09. The van der Waals surface area contributed by atoms with E-state index in [2.05, 4.69) is 36.1 Å². The first-order valence-corrected chi connectivity index (χ1v) is 9.70. The van der Waals surface area contributed by atoms with Gasteiger partial charge in [0.15, 0.2) is 0 Å². The van der Waals surface area contributed by atoms with Crippen molar-refractivity contribution < 1.29 is 14.7 Å². The number of aliphatic carboxylic acids is 1. The quantitative estimate of drug-likeness (QED) is 0.877. The second-order valence-electron chi connectivity index (χ2n) is 7.57. The van der Waals surface area contributed by atoms with Gasteiger partial charge in [-0.1, -0.05) is 43.7 Å². The molecule has 4 atom stereocenters. The fourth-order valence-corrected chi connectivity index (χ4v) is 4.79. The van der Waals surface area contributed by atoms with Crippen LogP contribution >= 0.6 is 0 Å². The van der Waals surface area contributed by atoms with Gasteiger partial charge in [0.05, 0.1) is 5.92 Å². The zero-order valence-electron chi connectivity index (χ0n) is 15.1. The molecule has 0 radical (unpaired) electrons. The SMILES string of the molecule is CCC(c1ccccc1)C1CCCN1C(=O)C1CCCC(C(=O)O)C1. The van der Waals surface area contributed by atoms with Gasteiger partial charge in [0.1, 0.15) is 0 Å². The highest BCUT2D eigenvalue weighted by molar-refractivity contribution is 5.81. The lowest BCUT2D eigenvalue weighted by atomic mass is 9.80. The number of rotatable bonds is 5. The van der Waals surface area contributed by atoms with Crippen molar-refractivity contribution in [2.75, 3.05) is 6.54 Å². The highest BCUT2D eigenvalue weighted by Gasteiger charge is 2.39. The van der Waals surface area contributed by atoms with Crippen LogP contribution in [0.5, 0.6) is 0 Å². The van der Waals surface area contributed by atoms with E-state index in [1.807, 2.05) is 6.07 Å². The highest BCUT2D eigenvalue weighted by atomic mass is 16.4. The van der Waals surface area contributed by atoms with E-state index in [4.69, 9.17) is 0 Å². The summed E-state index contributed by atoms with van der Waals surface area (Å²) in [5.41, 5.74) is 1.31. The van der Waals surface area contributed by atoms with Gasteiger partial charge in [0.25, 0.3) is 0 Å². The van der Waals surface area contributed by atoms with E-state index in [0.29, 0.717) is 18.8 Å². The molecule has 0 aromatic heterocycles. The number of hydrogen-bond acceptors (Lipinski definition) is 2. The van der Waals surface area contributed by atoms with Crippen LogP contribution in [0.1, 0.15) is 63.4 Å². The van der Waals surface area contributed by atoms with E-state index in [1.165, 1.54) is 5.56 Å². The normalized spacial score (nSPS) is 27.9. The molecule has 1 aliphatic heterocycles. The minimum Gasteiger partial charge on any atom is -0.481 e. The minimum atomic E-state index is -0.744. The van der Waals surface area contributed by atoms with Crippen molar-refractivity contribution in [1.82, 2.24) is 4.90 Å². The molecule has 1 aromatic rings. The molecule has 4 unspecified atom stereocenters. The van der Waals surface area contributed by atoms with E-state index in [1.54, 1.807) is 0 Å². The fourth-order valence-electron chi connectivity index (χ4n) is 4.79. The molecule has 1 heterocycles. The average molecular weight is 343 g/mol. The lowest BCUT2D eigenvalue weighted by Gasteiger charge is -2.36. The summed E-state index contributed by atoms with van der Waals surface area (Å²) in [4.78, 5) is 26.6. The van der Waals surface area contributed by atoms with Crippen molar-refractivity contribution >= 4 is 11.9 Å². The predicted octanol–water partition coefficient (Wildman–Crippen LogP) is 4.06.